The smallest absolute Gasteiger partial charge is 0.255 e. The molecular formula is C22H28N2O3S. The van der Waals surface area contributed by atoms with Crippen molar-refractivity contribution in [3.8, 4) is 0 Å². The summed E-state index contributed by atoms with van der Waals surface area (Å²) in [4.78, 5) is 12.6. The van der Waals surface area contributed by atoms with E-state index in [0.717, 1.165) is 25.7 Å². The van der Waals surface area contributed by atoms with Crippen molar-refractivity contribution in [3.05, 3.63) is 59.7 Å². The maximum Gasteiger partial charge on any atom is 0.255 e. The Morgan fingerprint density at radius 2 is 1.57 bits per heavy atom. The van der Waals surface area contributed by atoms with Crippen LogP contribution in [-0.2, 0) is 10.0 Å². The van der Waals surface area contributed by atoms with E-state index in [4.69, 9.17) is 0 Å². The highest BCUT2D eigenvalue weighted by Gasteiger charge is 2.21. The SMILES string of the molecule is Cc1cc(S(=O)(=O)NC2CCCCCCC2)ccc1NC(=O)c1ccccc1. The predicted molar refractivity (Wildman–Crippen MR) is 112 cm³/mol. The van der Waals surface area contributed by atoms with Gasteiger partial charge in [0.2, 0.25) is 10.0 Å². The average molecular weight is 401 g/mol. The number of anilines is 1. The van der Waals surface area contributed by atoms with Gasteiger partial charge in [-0.1, -0.05) is 50.3 Å². The second kappa shape index (κ2) is 9.34. The van der Waals surface area contributed by atoms with Crippen molar-refractivity contribution in [1.29, 1.82) is 0 Å². The largest absolute Gasteiger partial charge is 0.322 e. The van der Waals surface area contributed by atoms with E-state index in [1.54, 1.807) is 49.4 Å². The first-order valence-electron chi connectivity index (χ1n) is 9.95. The standard InChI is InChI=1S/C22H28N2O3S/c1-17-16-20(28(26,27)24-19-12-8-3-2-4-9-13-19)14-15-21(17)23-22(25)18-10-6-5-7-11-18/h5-7,10-11,14-16,19,24H,2-4,8-9,12-13H2,1H3,(H,23,25). The Kier molecular flexibility index (Phi) is 6.86. The van der Waals surface area contributed by atoms with E-state index in [2.05, 4.69) is 10.0 Å². The Bertz CT molecular complexity index is 903. The van der Waals surface area contributed by atoms with Gasteiger partial charge in [-0.15, -0.1) is 0 Å². The Morgan fingerprint density at radius 1 is 0.929 bits per heavy atom. The first kappa shape index (κ1) is 20.6. The van der Waals surface area contributed by atoms with E-state index in [9.17, 15) is 13.2 Å². The van der Waals surface area contributed by atoms with Crippen molar-refractivity contribution < 1.29 is 13.2 Å². The van der Waals surface area contributed by atoms with E-state index >= 15 is 0 Å². The summed E-state index contributed by atoms with van der Waals surface area (Å²) in [6, 6.07) is 13.8. The number of aryl methyl sites for hydroxylation is 1. The lowest BCUT2D eigenvalue weighted by Gasteiger charge is -2.21. The highest BCUT2D eigenvalue weighted by atomic mass is 32.2. The minimum Gasteiger partial charge on any atom is -0.322 e. The van der Waals surface area contributed by atoms with Crippen LogP contribution >= 0.6 is 0 Å². The number of nitrogens with one attached hydrogen (secondary N) is 2. The number of hydrogen-bond acceptors (Lipinski definition) is 3. The Hall–Kier alpha value is -2.18. The number of carbonyl (C=O) groups excluding carboxylic acids is 1. The molecule has 1 saturated carbocycles. The van der Waals surface area contributed by atoms with Crippen LogP contribution < -0.4 is 10.0 Å². The number of benzene rings is 2. The molecule has 0 atom stereocenters. The van der Waals surface area contributed by atoms with Crippen LogP contribution in [0, 0.1) is 6.92 Å². The van der Waals surface area contributed by atoms with Crippen LogP contribution in [0.2, 0.25) is 0 Å². The molecule has 0 unspecified atom stereocenters. The number of amides is 1. The summed E-state index contributed by atoms with van der Waals surface area (Å²) in [7, 11) is -3.57. The Balaban J connectivity index is 1.70. The van der Waals surface area contributed by atoms with Crippen LogP contribution in [0.3, 0.4) is 0 Å². The van der Waals surface area contributed by atoms with Gasteiger partial charge in [0.25, 0.3) is 5.91 Å². The summed E-state index contributed by atoms with van der Waals surface area (Å²) < 4.78 is 28.5. The van der Waals surface area contributed by atoms with Crippen LogP contribution in [0.1, 0.15) is 60.9 Å². The van der Waals surface area contributed by atoms with Gasteiger partial charge in [0.1, 0.15) is 0 Å². The molecule has 2 aromatic rings. The molecule has 0 heterocycles. The monoisotopic (exact) mass is 400 g/mol. The first-order valence-corrected chi connectivity index (χ1v) is 11.4. The zero-order valence-corrected chi connectivity index (χ0v) is 17.1. The van der Waals surface area contributed by atoms with Crippen LogP contribution in [0.4, 0.5) is 5.69 Å². The molecule has 1 amide bonds. The van der Waals surface area contributed by atoms with Crippen molar-refractivity contribution in [2.45, 2.75) is 62.8 Å². The van der Waals surface area contributed by atoms with E-state index in [0.29, 0.717) is 16.8 Å². The van der Waals surface area contributed by atoms with Gasteiger partial charge >= 0.3 is 0 Å². The molecule has 0 spiro atoms. The third-order valence-electron chi connectivity index (χ3n) is 5.22. The number of rotatable bonds is 5. The second-order valence-corrected chi connectivity index (χ2v) is 9.17. The van der Waals surface area contributed by atoms with Gasteiger partial charge in [-0.2, -0.15) is 0 Å². The molecule has 3 rings (SSSR count). The van der Waals surface area contributed by atoms with E-state index < -0.39 is 10.0 Å². The highest BCUT2D eigenvalue weighted by Crippen LogP contribution is 2.23. The van der Waals surface area contributed by atoms with Crippen LogP contribution in [-0.4, -0.2) is 20.4 Å². The minimum atomic E-state index is -3.57. The van der Waals surface area contributed by atoms with Gasteiger partial charge in [-0.3, -0.25) is 4.79 Å². The Morgan fingerprint density at radius 3 is 2.21 bits per heavy atom. The molecule has 0 aliphatic heterocycles. The van der Waals surface area contributed by atoms with Crippen molar-refractivity contribution >= 4 is 21.6 Å². The molecule has 150 valence electrons. The van der Waals surface area contributed by atoms with Crippen molar-refractivity contribution in [3.63, 3.8) is 0 Å². The first-order chi connectivity index (χ1) is 13.5. The average Bonchev–Trinajstić information content (AvgIpc) is 2.66. The molecule has 0 aromatic heterocycles. The van der Waals surface area contributed by atoms with Crippen LogP contribution in [0.15, 0.2) is 53.4 Å². The maximum atomic E-state index is 12.8. The number of hydrogen-bond donors (Lipinski definition) is 2. The zero-order chi connectivity index (χ0) is 20.0. The van der Waals surface area contributed by atoms with Gasteiger partial charge in [0, 0.05) is 17.3 Å². The summed E-state index contributed by atoms with van der Waals surface area (Å²) in [5, 5.41) is 2.85. The second-order valence-electron chi connectivity index (χ2n) is 7.46. The summed E-state index contributed by atoms with van der Waals surface area (Å²) in [5.74, 6) is -0.216. The third-order valence-corrected chi connectivity index (χ3v) is 6.74. The number of sulfonamides is 1. The molecule has 28 heavy (non-hydrogen) atoms. The Labute approximate surface area is 167 Å². The van der Waals surface area contributed by atoms with Crippen molar-refractivity contribution in [1.82, 2.24) is 4.72 Å². The topological polar surface area (TPSA) is 75.3 Å². The maximum absolute atomic E-state index is 12.8. The van der Waals surface area contributed by atoms with Gasteiger partial charge in [0.15, 0.2) is 0 Å². The molecule has 1 aliphatic rings. The fourth-order valence-corrected chi connectivity index (χ4v) is 4.98. The molecule has 0 saturated heterocycles. The molecule has 6 heteroatoms. The van der Waals surface area contributed by atoms with E-state index in [-0.39, 0.29) is 16.8 Å². The molecule has 2 N–H and O–H groups in total. The lowest BCUT2D eigenvalue weighted by molar-refractivity contribution is 0.102. The summed E-state index contributed by atoms with van der Waals surface area (Å²) >= 11 is 0. The summed E-state index contributed by atoms with van der Waals surface area (Å²) in [6.07, 6.45) is 7.51. The molecular weight excluding hydrogens is 372 g/mol. The van der Waals surface area contributed by atoms with E-state index in [1.165, 1.54) is 19.3 Å². The molecule has 1 aliphatic carbocycles. The zero-order valence-electron chi connectivity index (χ0n) is 16.3. The molecule has 2 aromatic carbocycles. The predicted octanol–water partition coefficient (Wildman–Crippen LogP) is 4.64. The fourth-order valence-electron chi connectivity index (χ4n) is 3.59. The van der Waals surface area contributed by atoms with Crippen LogP contribution in [0.25, 0.3) is 0 Å². The normalized spacial score (nSPS) is 16.2. The minimum absolute atomic E-state index is 0.00284. The fraction of sp³-hybridized carbons (Fsp3) is 0.409. The van der Waals surface area contributed by atoms with Gasteiger partial charge in [-0.05, 0) is 55.7 Å². The lowest BCUT2D eigenvalue weighted by Crippen LogP contribution is -2.35. The van der Waals surface area contributed by atoms with Crippen LogP contribution in [0.5, 0.6) is 0 Å². The van der Waals surface area contributed by atoms with Gasteiger partial charge in [0.05, 0.1) is 4.90 Å². The number of carbonyl (C=O) groups is 1. The molecule has 0 bridgehead atoms. The lowest BCUT2D eigenvalue weighted by atomic mass is 9.97. The molecule has 0 radical (unpaired) electrons. The quantitative estimate of drug-likeness (QED) is 0.768. The summed E-state index contributed by atoms with van der Waals surface area (Å²) in [5.41, 5.74) is 1.88. The highest BCUT2D eigenvalue weighted by molar-refractivity contribution is 7.89. The van der Waals surface area contributed by atoms with Gasteiger partial charge < -0.3 is 5.32 Å². The molecule has 1 fully saturated rings. The van der Waals surface area contributed by atoms with E-state index in [1.807, 2.05) is 6.07 Å². The summed E-state index contributed by atoms with van der Waals surface area (Å²) in [6.45, 7) is 1.80. The third kappa shape index (κ3) is 5.42. The van der Waals surface area contributed by atoms with Crippen molar-refractivity contribution in [2.75, 3.05) is 5.32 Å². The molecule has 5 nitrogen and oxygen atoms in total. The van der Waals surface area contributed by atoms with Gasteiger partial charge in [-0.25, -0.2) is 13.1 Å². The van der Waals surface area contributed by atoms with Crippen molar-refractivity contribution in [2.24, 2.45) is 0 Å².